The summed E-state index contributed by atoms with van der Waals surface area (Å²) in [6.45, 7) is 5.32. The summed E-state index contributed by atoms with van der Waals surface area (Å²) in [7, 11) is 1.85. The van der Waals surface area contributed by atoms with Gasteiger partial charge in [-0.2, -0.15) is 0 Å². The van der Waals surface area contributed by atoms with Crippen LogP contribution in [0.2, 0.25) is 0 Å². The lowest BCUT2D eigenvalue weighted by atomic mass is 9.84. The van der Waals surface area contributed by atoms with Crippen molar-refractivity contribution < 1.29 is 0 Å². The molecule has 0 amide bonds. The van der Waals surface area contributed by atoms with Gasteiger partial charge < -0.3 is 10.6 Å². The van der Waals surface area contributed by atoms with Crippen LogP contribution in [0, 0.1) is 12.8 Å². The zero-order valence-corrected chi connectivity index (χ0v) is 17.0. The summed E-state index contributed by atoms with van der Waals surface area (Å²) >= 11 is 0. The number of aryl methyl sites for hydroxylation is 1. The van der Waals surface area contributed by atoms with Crippen molar-refractivity contribution in [1.82, 2.24) is 15.6 Å². The van der Waals surface area contributed by atoms with Crippen LogP contribution >= 0.6 is 24.0 Å². The first-order valence-corrected chi connectivity index (χ1v) is 8.59. The average Bonchev–Trinajstić information content (AvgIpc) is 2.56. The second kappa shape index (κ2) is 10.8. The van der Waals surface area contributed by atoms with Gasteiger partial charge in [-0.1, -0.05) is 13.3 Å². The minimum absolute atomic E-state index is 0. The van der Waals surface area contributed by atoms with E-state index in [2.05, 4.69) is 40.5 Å². The number of hydrogen-bond donors (Lipinski definition) is 2. The van der Waals surface area contributed by atoms with E-state index in [9.17, 15) is 0 Å². The molecule has 1 heterocycles. The zero-order valence-electron chi connectivity index (χ0n) is 14.6. The highest BCUT2D eigenvalue weighted by Gasteiger charge is 2.20. The van der Waals surface area contributed by atoms with Crippen LogP contribution in [0.25, 0.3) is 0 Å². The molecule has 0 bridgehead atoms. The lowest BCUT2D eigenvalue weighted by Crippen LogP contribution is -2.45. The predicted octanol–water partition coefficient (Wildman–Crippen LogP) is 3.68. The molecule has 0 aromatic carbocycles. The molecule has 0 spiro atoms. The van der Waals surface area contributed by atoms with Gasteiger partial charge in [-0.15, -0.1) is 24.0 Å². The summed E-state index contributed by atoms with van der Waals surface area (Å²) < 4.78 is 0. The molecule has 1 aliphatic rings. The van der Waals surface area contributed by atoms with Gasteiger partial charge in [0.1, 0.15) is 0 Å². The molecule has 130 valence electrons. The number of hydrogen-bond acceptors (Lipinski definition) is 2. The van der Waals surface area contributed by atoms with Crippen molar-refractivity contribution in [2.45, 2.75) is 58.4 Å². The number of halogens is 1. The molecule has 0 radical (unpaired) electrons. The van der Waals surface area contributed by atoms with E-state index in [1.54, 1.807) is 0 Å². The van der Waals surface area contributed by atoms with Crippen LogP contribution in [0.15, 0.2) is 23.5 Å². The summed E-state index contributed by atoms with van der Waals surface area (Å²) in [4.78, 5) is 8.50. The summed E-state index contributed by atoms with van der Waals surface area (Å²) in [6.07, 6.45) is 11.3. The molecule has 0 saturated heterocycles. The van der Waals surface area contributed by atoms with Crippen LogP contribution in [0.5, 0.6) is 0 Å². The number of aromatic nitrogens is 1. The fourth-order valence-electron chi connectivity index (χ4n) is 3.20. The van der Waals surface area contributed by atoms with Crippen molar-refractivity contribution in [3.05, 3.63) is 29.6 Å². The Hall–Kier alpha value is -0.850. The highest BCUT2D eigenvalue weighted by Crippen LogP contribution is 2.26. The van der Waals surface area contributed by atoms with Gasteiger partial charge in [0, 0.05) is 32.0 Å². The van der Waals surface area contributed by atoms with Crippen molar-refractivity contribution in [3.8, 4) is 0 Å². The predicted molar refractivity (Wildman–Crippen MR) is 109 cm³/mol. The fourth-order valence-corrected chi connectivity index (χ4v) is 3.20. The average molecular weight is 430 g/mol. The molecule has 0 aliphatic heterocycles. The first-order valence-electron chi connectivity index (χ1n) is 8.59. The van der Waals surface area contributed by atoms with Crippen LogP contribution < -0.4 is 10.6 Å². The van der Waals surface area contributed by atoms with Crippen molar-refractivity contribution in [2.24, 2.45) is 10.9 Å². The van der Waals surface area contributed by atoms with Crippen LogP contribution in [0.3, 0.4) is 0 Å². The third kappa shape index (κ3) is 6.65. The van der Waals surface area contributed by atoms with Crippen molar-refractivity contribution in [2.75, 3.05) is 13.6 Å². The topological polar surface area (TPSA) is 49.3 Å². The quantitative estimate of drug-likeness (QED) is 0.426. The number of aliphatic imine (C=N–C) groups is 1. The van der Waals surface area contributed by atoms with Gasteiger partial charge in [-0.3, -0.25) is 9.98 Å². The smallest absolute Gasteiger partial charge is 0.191 e. The van der Waals surface area contributed by atoms with E-state index < -0.39 is 0 Å². The second-order valence-corrected chi connectivity index (χ2v) is 6.32. The van der Waals surface area contributed by atoms with Gasteiger partial charge in [-0.05, 0) is 62.1 Å². The lowest BCUT2D eigenvalue weighted by molar-refractivity contribution is 0.304. The van der Waals surface area contributed by atoms with E-state index in [0.29, 0.717) is 6.04 Å². The second-order valence-electron chi connectivity index (χ2n) is 6.32. The van der Waals surface area contributed by atoms with Gasteiger partial charge in [0.05, 0.1) is 0 Å². The highest BCUT2D eigenvalue weighted by atomic mass is 127. The van der Waals surface area contributed by atoms with E-state index in [1.807, 2.05) is 19.4 Å². The van der Waals surface area contributed by atoms with Crippen molar-refractivity contribution in [3.63, 3.8) is 0 Å². The van der Waals surface area contributed by atoms with E-state index >= 15 is 0 Å². The molecule has 23 heavy (non-hydrogen) atoms. The molecule has 1 aromatic rings. The fraction of sp³-hybridized carbons (Fsp3) is 0.667. The Labute approximate surface area is 158 Å². The summed E-state index contributed by atoms with van der Waals surface area (Å²) in [5.41, 5.74) is 2.60. The molecule has 2 N–H and O–H groups in total. The van der Waals surface area contributed by atoms with E-state index in [4.69, 9.17) is 0 Å². The molecule has 0 atom stereocenters. The highest BCUT2D eigenvalue weighted by molar-refractivity contribution is 14.0. The summed E-state index contributed by atoms with van der Waals surface area (Å²) in [5, 5.41) is 7.01. The monoisotopic (exact) mass is 430 g/mol. The number of guanidine groups is 1. The van der Waals surface area contributed by atoms with Crippen molar-refractivity contribution >= 4 is 29.9 Å². The molecule has 4 nitrogen and oxygen atoms in total. The maximum absolute atomic E-state index is 4.36. The zero-order chi connectivity index (χ0) is 15.8. The van der Waals surface area contributed by atoms with Gasteiger partial charge in [-0.25, -0.2) is 0 Å². The van der Waals surface area contributed by atoms with E-state index in [-0.39, 0.29) is 24.0 Å². The molecule has 2 rings (SSSR count). The van der Waals surface area contributed by atoms with E-state index in [0.717, 1.165) is 24.8 Å². The van der Waals surface area contributed by atoms with Gasteiger partial charge >= 0.3 is 0 Å². The first-order chi connectivity index (χ1) is 10.7. The summed E-state index contributed by atoms with van der Waals surface area (Å²) in [6, 6.07) is 2.68. The molecular formula is C18H31IN4. The molecular weight excluding hydrogens is 399 g/mol. The number of nitrogens with one attached hydrogen (secondary N) is 2. The maximum atomic E-state index is 4.36. The molecule has 1 saturated carbocycles. The Morgan fingerprint density at radius 3 is 2.65 bits per heavy atom. The molecule has 1 fully saturated rings. The molecule has 5 heteroatoms. The van der Waals surface area contributed by atoms with E-state index in [1.165, 1.54) is 43.2 Å². The first kappa shape index (κ1) is 20.2. The number of pyridine rings is 1. The molecule has 1 aliphatic carbocycles. The molecule has 1 aromatic heterocycles. The SMILES string of the molecule is CCC1CCC(NC(=NC)NCCc2ccncc2C)CC1.I. The molecule has 0 unspecified atom stereocenters. The number of rotatable bonds is 5. The minimum Gasteiger partial charge on any atom is -0.356 e. The van der Waals surface area contributed by atoms with Gasteiger partial charge in [0.15, 0.2) is 5.96 Å². The Balaban J connectivity index is 0.00000264. The van der Waals surface area contributed by atoms with Crippen LogP contribution in [0.4, 0.5) is 0 Å². The van der Waals surface area contributed by atoms with Gasteiger partial charge in [0.25, 0.3) is 0 Å². The normalized spacial score (nSPS) is 21.4. The standard InChI is InChI=1S/C18H30N4.HI/c1-4-15-5-7-17(8-6-15)22-18(19-3)21-12-10-16-9-11-20-13-14(16)2;/h9,11,13,15,17H,4-8,10,12H2,1-3H3,(H2,19,21,22);1H. The third-order valence-electron chi connectivity index (χ3n) is 4.81. The van der Waals surface area contributed by atoms with Gasteiger partial charge in [0.2, 0.25) is 0 Å². The Morgan fingerprint density at radius 1 is 1.30 bits per heavy atom. The largest absolute Gasteiger partial charge is 0.356 e. The lowest BCUT2D eigenvalue weighted by Gasteiger charge is -2.29. The Morgan fingerprint density at radius 2 is 2.04 bits per heavy atom. The third-order valence-corrected chi connectivity index (χ3v) is 4.81. The Kier molecular flexibility index (Phi) is 9.52. The van der Waals surface area contributed by atoms with Crippen LogP contribution in [0.1, 0.15) is 50.2 Å². The van der Waals surface area contributed by atoms with Crippen LogP contribution in [-0.2, 0) is 6.42 Å². The van der Waals surface area contributed by atoms with Crippen molar-refractivity contribution in [1.29, 1.82) is 0 Å². The minimum atomic E-state index is 0. The summed E-state index contributed by atoms with van der Waals surface area (Å²) in [5.74, 6) is 1.87. The maximum Gasteiger partial charge on any atom is 0.191 e. The Bertz CT molecular complexity index is 482. The van der Waals surface area contributed by atoms with Crippen LogP contribution in [-0.4, -0.2) is 30.6 Å². The number of nitrogens with zero attached hydrogens (tertiary/aromatic N) is 2.